The molecule has 0 aliphatic rings. The zero-order valence-corrected chi connectivity index (χ0v) is 11.7. The SMILES string of the molecule is COc1cc(CCCCN)cc(Cl)c1C(C)C. The summed E-state index contributed by atoms with van der Waals surface area (Å²) in [6.07, 6.45) is 3.15. The van der Waals surface area contributed by atoms with Gasteiger partial charge in [-0.15, -0.1) is 0 Å². The van der Waals surface area contributed by atoms with Crippen LogP contribution in [0.15, 0.2) is 12.1 Å². The Morgan fingerprint density at radius 2 is 2.00 bits per heavy atom. The fourth-order valence-electron chi connectivity index (χ4n) is 1.99. The van der Waals surface area contributed by atoms with Crippen LogP contribution in [0, 0.1) is 0 Å². The Hall–Kier alpha value is -0.730. The summed E-state index contributed by atoms with van der Waals surface area (Å²) in [5.41, 5.74) is 7.81. The number of methoxy groups -OCH3 is 1. The van der Waals surface area contributed by atoms with Crippen LogP contribution in [0.25, 0.3) is 0 Å². The Morgan fingerprint density at radius 3 is 2.53 bits per heavy atom. The normalized spacial score (nSPS) is 10.9. The third-order valence-corrected chi connectivity index (χ3v) is 3.18. The number of benzene rings is 1. The lowest BCUT2D eigenvalue weighted by molar-refractivity contribution is 0.407. The summed E-state index contributed by atoms with van der Waals surface area (Å²) >= 11 is 6.32. The highest BCUT2D eigenvalue weighted by Crippen LogP contribution is 2.34. The lowest BCUT2D eigenvalue weighted by Gasteiger charge is -2.15. The van der Waals surface area contributed by atoms with Crippen LogP contribution < -0.4 is 10.5 Å². The van der Waals surface area contributed by atoms with E-state index < -0.39 is 0 Å². The fraction of sp³-hybridized carbons (Fsp3) is 0.571. The molecule has 1 aromatic rings. The van der Waals surface area contributed by atoms with Gasteiger partial charge in [0.1, 0.15) is 5.75 Å². The standard InChI is InChI=1S/C14H22ClNO/c1-10(2)14-12(15)8-11(6-4-5-7-16)9-13(14)17-3/h8-10H,4-7,16H2,1-3H3. The predicted molar refractivity (Wildman–Crippen MR) is 74.1 cm³/mol. The van der Waals surface area contributed by atoms with E-state index in [1.807, 2.05) is 0 Å². The van der Waals surface area contributed by atoms with Crippen molar-refractivity contribution >= 4 is 11.6 Å². The van der Waals surface area contributed by atoms with Crippen LogP contribution in [0.1, 0.15) is 43.7 Å². The molecule has 0 fully saturated rings. The monoisotopic (exact) mass is 255 g/mol. The molecule has 17 heavy (non-hydrogen) atoms. The van der Waals surface area contributed by atoms with E-state index in [4.69, 9.17) is 22.1 Å². The van der Waals surface area contributed by atoms with Crippen molar-refractivity contribution in [1.82, 2.24) is 0 Å². The lowest BCUT2D eigenvalue weighted by Crippen LogP contribution is -2.00. The first-order valence-corrected chi connectivity index (χ1v) is 6.54. The quantitative estimate of drug-likeness (QED) is 0.786. The highest BCUT2D eigenvalue weighted by molar-refractivity contribution is 6.31. The zero-order chi connectivity index (χ0) is 12.8. The van der Waals surface area contributed by atoms with Gasteiger partial charge in [0, 0.05) is 10.6 Å². The molecule has 0 spiro atoms. The van der Waals surface area contributed by atoms with Crippen molar-refractivity contribution < 1.29 is 4.74 Å². The smallest absolute Gasteiger partial charge is 0.124 e. The molecular weight excluding hydrogens is 234 g/mol. The Morgan fingerprint density at radius 1 is 1.29 bits per heavy atom. The largest absolute Gasteiger partial charge is 0.496 e. The van der Waals surface area contributed by atoms with Crippen molar-refractivity contribution in [2.75, 3.05) is 13.7 Å². The molecule has 0 aromatic heterocycles. The third-order valence-electron chi connectivity index (χ3n) is 2.87. The summed E-state index contributed by atoms with van der Waals surface area (Å²) in [5, 5.41) is 0.807. The van der Waals surface area contributed by atoms with Gasteiger partial charge in [-0.2, -0.15) is 0 Å². The minimum atomic E-state index is 0.371. The predicted octanol–water partition coefficient (Wildman–Crippen LogP) is 3.75. The van der Waals surface area contributed by atoms with E-state index in [0.29, 0.717) is 5.92 Å². The molecule has 0 heterocycles. The van der Waals surface area contributed by atoms with Crippen LogP contribution in [-0.2, 0) is 6.42 Å². The average Bonchev–Trinajstić information content (AvgIpc) is 2.27. The number of hydrogen-bond donors (Lipinski definition) is 1. The molecule has 0 unspecified atom stereocenters. The second kappa shape index (κ2) is 6.87. The van der Waals surface area contributed by atoms with Crippen LogP contribution in [0.4, 0.5) is 0 Å². The van der Waals surface area contributed by atoms with Crippen molar-refractivity contribution in [3.8, 4) is 5.75 Å². The minimum Gasteiger partial charge on any atom is -0.496 e. The lowest BCUT2D eigenvalue weighted by atomic mass is 9.98. The molecule has 96 valence electrons. The van der Waals surface area contributed by atoms with Crippen molar-refractivity contribution in [3.05, 3.63) is 28.3 Å². The molecule has 0 amide bonds. The molecule has 0 bridgehead atoms. The summed E-state index contributed by atoms with van der Waals surface area (Å²) < 4.78 is 5.43. The molecule has 0 aliphatic carbocycles. The van der Waals surface area contributed by atoms with E-state index in [1.165, 1.54) is 5.56 Å². The zero-order valence-electron chi connectivity index (χ0n) is 10.9. The second-order valence-electron chi connectivity index (χ2n) is 4.59. The average molecular weight is 256 g/mol. The Balaban J connectivity index is 2.92. The van der Waals surface area contributed by atoms with Crippen LogP contribution in [0.3, 0.4) is 0 Å². The molecular formula is C14H22ClNO. The first kappa shape index (κ1) is 14.3. The molecule has 0 atom stereocenters. The fourth-order valence-corrected chi connectivity index (χ4v) is 2.44. The van der Waals surface area contributed by atoms with Crippen molar-refractivity contribution in [2.45, 2.75) is 39.0 Å². The summed E-state index contributed by atoms with van der Waals surface area (Å²) in [7, 11) is 1.70. The maximum Gasteiger partial charge on any atom is 0.124 e. The van der Waals surface area contributed by atoms with Gasteiger partial charge in [-0.05, 0) is 49.4 Å². The summed E-state index contributed by atoms with van der Waals surface area (Å²) in [6, 6.07) is 4.15. The van der Waals surface area contributed by atoms with Gasteiger partial charge in [0.15, 0.2) is 0 Å². The minimum absolute atomic E-state index is 0.371. The molecule has 0 saturated heterocycles. The number of unbranched alkanes of at least 4 members (excludes halogenated alkanes) is 1. The number of nitrogens with two attached hydrogens (primary N) is 1. The van der Waals surface area contributed by atoms with Crippen LogP contribution >= 0.6 is 11.6 Å². The number of halogens is 1. The van der Waals surface area contributed by atoms with Gasteiger partial charge < -0.3 is 10.5 Å². The van der Waals surface area contributed by atoms with Crippen LogP contribution in [0.5, 0.6) is 5.75 Å². The topological polar surface area (TPSA) is 35.2 Å². The molecule has 1 rings (SSSR count). The third kappa shape index (κ3) is 3.90. The van der Waals surface area contributed by atoms with Gasteiger partial charge in [0.05, 0.1) is 7.11 Å². The van der Waals surface area contributed by atoms with E-state index in [0.717, 1.165) is 42.1 Å². The van der Waals surface area contributed by atoms with E-state index in [1.54, 1.807) is 7.11 Å². The number of hydrogen-bond acceptors (Lipinski definition) is 2. The summed E-state index contributed by atoms with van der Waals surface area (Å²) in [6.45, 7) is 4.99. The van der Waals surface area contributed by atoms with Gasteiger partial charge >= 0.3 is 0 Å². The second-order valence-corrected chi connectivity index (χ2v) is 5.00. The van der Waals surface area contributed by atoms with Crippen LogP contribution in [0.2, 0.25) is 5.02 Å². The first-order valence-electron chi connectivity index (χ1n) is 6.16. The maximum absolute atomic E-state index is 6.32. The van der Waals surface area contributed by atoms with E-state index in [9.17, 15) is 0 Å². The van der Waals surface area contributed by atoms with Crippen LogP contribution in [-0.4, -0.2) is 13.7 Å². The van der Waals surface area contributed by atoms with Gasteiger partial charge in [-0.25, -0.2) is 0 Å². The molecule has 0 saturated carbocycles. The Labute approximate surface area is 109 Å². The van der Waals surface area contributed by atoms with E-state index in [-0.39, 0.29) is 0 Å². The highest BCUT2D eigenvalue weighted by atomic mass is 35.5. The maximum atomic E-state index is 6.32. The number of ether oxygens (including phenoxy) is 1. The van der Waals surface area contributed by atoms with E-state index in [2.05, 4.69) is 26.0 Å². The molecule has 2 N–H and O–H groups in total. The summed E-state index contributed by atoms with van der Waals surface area (Å²) in [4.78, 5) is 0. The number of aryl methyl sites for hydroxylation is 1. The Kier molecular flexibility index (Phi) is 5.79. The molecule has 3 heteroatoms. The summed E-state index contributed by atoms with van der Waals surface area (Å²) in [5.74, 6) is 1.27. The number of rotatable bonds is 6. The Bertz CT molecular complexity index is 363. The van der Waals surface area contributed by atoms with Crippen molar-refractivity contribution in [3.63, 3.8) is 0 Å². The van der Waals surface area contributed by atoms with Gasteiger partial charge in [0.2, 0.25) is 0 Å². The van der Waals surface area contributed by atoms with E-state index >= 15 is 0 Å². The molecule has 0 aliphatic heterocycles. The van der Waals surface area contributed by atoms with Crippen molar-refractivity contribution in [2.24, 2.45) is 5.73 Å². The van der Waals surface area contributed by atoms with Gasteiger partial charge in [-0.3, -0.25) is 0 Å². The molecule has 1 aromatic carbocycles. The first-order chi connectivity index (χ1) is 8.10. The highest BCUT2D eigenvalue weighted by Gasteiger charge is 2.13. The van der Waals surface area contributed by atoms with Gasteiger partial charge in [0.25, 0.3) is 0 Å². The van der Waals surface area contributed by atoms with Gasteiger partial charge in [-0.1, -0.05) is 25.4 Å². The molecule has 2 nitrogen and oxygen atoms in total. The molecule has 0 radical (unpaired) electrons. The van der Waals surface area contributed by atoms with Crippen molar-refractivity contribution in [1.29, 1.82) is 0 Å².